The van der Waals surface area contributed by atoms with Crippen LogP contribution in [0.5, 0.6) is 0 Å². The van der Waals surface area contributed by atoms with Crippen LogP contribution in [0.2, 0.25) is 0 Å². The molecule has 0 amide bonds. The topological polar surface area (TPSA) is 15.3 Å². The third-order valence-electron chi connectivity index (χ3n) is 5.19. The summed E-state index contributed by atoms with van der Waals surface area (Å²) in [6.45, 7) is 8.87. The molecule has 2 heteroatoms. The summed E-state index contributed by atoms with van der Waals surface area (Å²) in [6, 6.07) is 0. The standard InChI is InChI=1S/C16H32N2/c1-2-16(9-4-5-10-16)15-17-11-8-14-18-12-6-3-7-13-18/h17H,2-15H2,1H3. The lowest BCUT2D eigenvalue weighted by Gasteiger charge is -2.29. The fraction of sp³-hybridized carbons (Fsp3) is 1.00. The van der Waals surface area contributed by atoms with E-state index in [1.54, 1.807) is 0 Å². The number of piperidine rings is 1. The van der Waals surface area contributed by atoms with Gasteiger partial charge in [-0.2, -0.15) is 0 Å². The van der Waals surface area contributed by atoms with Crippen molar-refractivity contribution >= 4 is 0 Å². The number of nitrogens with one attached hydrogen (secondary N) is 1. The molecule has 0 unspecified atom stereocenters. The summed E-state index contributed by atoms with van der Waals surface area (Å²) < 4.78 is 0. The van der Waals surface area contributed by atoms with Crippen LogP contribution in [0.15, 0.2) is 0 Å². The van der Waals surface area contributed by atoms with Crippen molar-refractivity contribution in [2.75, 3.05) is 32.7 Å². The maximum Gasteiger partial charge on any atom is 0.000771 e. The van der Waals surface area contributed by atoms with Crippen LogP contribution in [-0.4, -0.2) is 37.6 Å². The molecule has 1 heterocycles. The van der Waals surface area contributed by atoms with Crippen LogP contribution < -0.4 is 5.32 Å². The summed E-state index contributed by atoms with van der Waals surface area (Å²) in [5, 5.41) is 3.73. The third kappa shape index (κ3) is 4.24. The first-order valence-electron chi connectivity index (χ1n) is 8.28. The van der Waals surface area contributed by atoms with Crippen molar-refractivity contribution in [3.8, 4) is 0 Å². The van der Waals surface area contributed by atoms with Gasteiger partial charge in [-0.05, 0) is 70.1 Å². The van der Waals surface area contributed by atoms with Crippen molar-refractivity contribution in [2.24, 2.45) is 5.41 Å². The van der Waals surface area contributed by atoms with Crippen LogP contribution in [0, 0.1) is 5.41 Å². The van der Waals surface area contributed by atoms with Crippen LogP contribution in [0.3, 0.4) is 0 Å². The van der Waals surface area contributed by atoms with E-state index in [1.165, 1.54) is 90.5 Å². The normalized spacial score (nSPS) is 24.5. The van der Waals surface area contributed by atoms with E-state index >= 15 is 0 Å². The number of rotatable bonds is 7. The Hall–Kier alpha value is -0.0800. The first-order valence-corrected chi connectivity index (χ1v) is 8.28. The highest BCUT2D eigenvalue weighted by Crippen LogP contribution is 2.40. The van der Waals surface area contributed by atoms with Gasteiger partial charge in [-0.3, -0.25) is 0 Å². The maximum atomic E-state index is 3.73. The fourth-order valence-electron chi connectivity index (χ4n) is 3.74. The van der Waals surface area contributed by atoms with Crippen LogP contribution in [0.1, 0.15) is 64.7 Å². The molecule has 18 heavy (non-hydrogen) atoms. The van der Waals surface area contributed by atoms with Gasteiger partial charge in [-0.1, -0.05) is 26.2 Å². The van der Waals surface area contributed by atoms with E-state index in [0.717, 1.165) is 0 Å². The molecule has 1 saturated carbocycles. The number of hydrogen-bond acceptors (Lipinski definition) is 2. The predicted molar refractivity (Wildman–Crippen MR) is 79.0 cm³/mol. The number of hydrogen-bond donors (Lipinski definition) is 1. The summed E-state index contributed by atoms with van der Waals surface area (Å²) in [5.41, 5.74) is 0.658. The molecule has 0 aromatic heterocycles. The van der Waals surface area contributed by atoms with Crippen molar-refractivity contribution in [1.82, 2.24) is 10.2 Å². The Morgan fingerprint density at radius 3 is 2.39 bits per heavy atom. The first kappa shape index (κ1) is 14.3. The maximum absolute atomic E-state index is 3.73. The Bertz CT molecular complexity index is 215. The van der Waals surface area contributed by atoms with E-state index in [-0.39, 0.29) is 0 Å². The third-order valence-corrected chi connectivity index (χ3v) is 5.19. The molecule has 0 aromatic rings. The largest absolute Gasteiger partial charge is 0.316 e. The second-order valence-corrected chi connectivity index (χ2v) is 6.49. The molecular formula is C16H32N2. The molecule has 1 aliphatic carbocycles. The van der Waals surface area contributed by atoms with E-state index in [9.17, 15) is 0 Å². The molecule has 2 rings (SSSR count). The average Bonchev–Trinajstić information content (AvgIpc) is 2.89. The summed E-state index contributed by atoms with van der Waals surface area (Å²) in [7, 11) is 0. The van der Waals surface area contributed by atoms with Gasteiger partial charge in [-0.25, -0.2) is 0 Å². The molecule has 0 radical (unpaired) electrons. The summed E-state index contributed by atoms with van der Waals surface area (Å²) in [5.74, 6) is 0. The highest BCUT2D eigenvalue weighted by molar-refractivity contribution is 4.85. The SMILES string of the molecule is CCC1(CNCCCN2CCCCC2)CCCC1. The van der Waals surface area contributed by atoms with Gasteiger partial charge in [0.2, 0.25) is 0 Å². The van der Waals surface area contributed by atoms with Gasteiger partial charge in [0.15, 0.2) is 0 Å². The predicted octanol–water partition coefficient (Wildman–Crippen LogP) is 3.42. The Morgan fingerprint density at radius 2 is 1.72 bits per heavy atom. The highest BCUT2D eigenvalue weighted by atomic mass is 15.1. The molecule has 0 spiro atoms. The molecule has 2 nitrogen and oxygen atoms in total. The van der Waals surface area contributed by atoms with Crippen LogP contribution in [-0.2, 0) is 0 Å². The lowest BCUT2D eigenvalue weighted by Crippen LogP contribution is -2.35. The van der Waals surface area contributed by atoms with Crippen molar-refractivity contribution in [3.63, 3.8) is 0 Å². The van der Waals surface area contributed by atoms with Gasteiger partial charge < -0.3 is 10.2 Å². The van der Waals surface area contributed by atoms with Crippen molar-refractivity contribution in [3.05, 3.63) is 0 Å². The van der Waals surface area contributed by atoms with Gasteiger partial charge in [-0.15, -0.1) is 0 Å². The second-order valence-electron chi connectivity index (χ2n) is 6.49. The van der Waals surface area contributed by atoms with Crippen LogP contribution in [0.4, 0.5) is 0 Å². The zero-order valence-electron chi connectivity index (χ0n) is 12.3. The van der Waals surface area contributed by atoms with E-state index in [0.29, 0.717) is 5.41 Å². The summed E-state index contributed by atoms with van der Waals surface area (Å²) in [4.78, 5) is 2.65. The summed E-state index contributed by atoms with van der Waals surface area (Å²) >= 11 is 0. The van der Waals surface area contributed by atoms with Crippen LogP contribution in [0.25, 0.3) is 0 Å². The molecule has 2 aliphatic rings. The number of likely N-dealkylation sites (tertiary alicyclic amines) is 1. The van der Waals surface area contributed by atoms with Gasteiger partial charge in [0.1, 0.15) is 0 Å². The lowest BCUT2D eigenvalue weighted by atomic mass is 9.83. The minimum absolute atomic E-state index is 0.658. The molecule has 1 N–H and O–H groups in total. The minimum Gasteiger partial charge on any atom is -0.316 e. The van der Waals surface area contributed by atoms with E-state index in [4.69, 9.17) is 0 Å². The fourth-order valence-corrected chi connectivity index (χ4v) is 3.74. The molecule has 0 aromatic carbocycles. The minimum atomic E-state index is 0.658. The van der Waals surface area contributed by atoms with Gasteiger partial charge in [0.25, 0.3) is 0 Å². The zero-order valence-corrected chi connectivity index (χ0v) is 12.3. The lowest BCUT2D eigenvalue weighted by molar-refractivity contribution is 0.221. The quantitative estimate of drug-likeness (QED) is 0.698. The average molecular weight is 252 g/mol. The van der Waals surface area contributed by atoms with Crippen molar-refractivity contribution in [1.29, 1.82) is 0 Å². The Labute approximate surface area is 114 Å². The number of nitrogens with zero attached hydrogens (tertiary/aromatic N) is 1. The molecule has 1 aliphatic heterocycles. The molecule has 2 fully saturated rings. The molecule has 0 atom stereocenters. The molecular weight excluding hydrogens is 220 g/mol. The monoisotopic (exact) mass is 252 g/mol. The van der Waals surface area contributed by atoms with E-state index in [2.05, 4.69) is 17.1 Å². The Morgan fingerprint density at radius 1 is 1.00 bits per heavy atom. The van der Waals surface area contributed by atoms with Crippen LogP contribution >= 0.6 is 0 Å². The molecule has 1 saturated heterocycles. The van der Waals surface area contributed by atoms with Crippen molar-refractivity contribution < 1.29 is 0 Å². The Kier molecular flexibility index (Phi) is 5.97. The van der Waals surface area contributed by atoms with Gasteiger partial charge in [0, 0.05) is 6.54 Å². The Balaban J connectivity index is 1.52. The molecule has 0 bridgehead atoms. The van der Waals surface area contributed by atoms with E-state index < -0.39 is 0 Å². The highest BCUT2D eigenvalue weighted by Gasteiger charge is 2.31. The second kappa shape index (κ2) is 7.49. The molecule has 106 valence electrons. The van der Waals surface area contributed by atoms with Gasteiger partial charge >= 0.3 is 0 Å². The van der Waals surface area contributed by atoms with Gasteiger partial charge in [0.05, 0.1) is 0 Å². The first-order chi connectivity index (χ1) is 8.85. The smallest absolute Gasteiger partial charge is 0.000771 e. The van der Waals surface area contributed by atoms with E-state index in [1.807, 2.05) is 0 Å². The van der Waals surface area contributed by atoms with Crippen molar-refractivity contribution in [2.45, 2.75) is 64.7 Å². The zero-order chi connectivity index (χ0) is 12.7. The summed E-state index contributed by atoms with van der Waals surface area (Å²) in [6.07, 6.45) is 12.8.